The van der Waals surface area contributed by atoms with Crippen LogP contribution in [0.2, 0.25) is 0 Å². The Morgan fingerprint density at radius 3 is 2.62 bits per heavy atom. The van der Waals surface area contributed by atoms with E-state index in [9.17, 15) is 4.79 Å². The number of benzene rings is 2. The molecule has 0 bridgehead atoms. The van der Waals surface area contributed by atoms with Gasteiger partial charge in [0.2, 0.25) is 5.91 Å². The summed E-state index contributed by atoms with van der Waals surface area (Å²) in [5, 5.41) is 6.26. The normalized spacial score (nSPS) is 10.0. The molecule has 0 atom stereocenters. The predicted octanol–water partition coefficient (Wildman–Crippen LogP) is 3.74. The van der Waals surface area contributed by atoms with Crippen molar-refractivity contribution in [3.05, 3.63) is 63.5 Å². The summed E-state index contributed by atoms with van der Waals surface area (Å²) in [6.07, 6.45) is 0.221. The minimum atomic E-state index is -0.104. The van der Waals surface area contributed by atoms with Crippen LogP contribution in [0.4, 0.5) is 0 Å². The second kappa shape index (κ2) is 11.5. The maximum absolute atomic E-state index is 12.2. The van der Waals surface area contributed by atoms with Crippen molar-refractivity contribution in [2.24, 2.45) is 5.11 Å². The molecule has 0 spiro atoms. The Balaban J connectivity index is 1.78. The Morgan fingerprint density at radius 2 is 1.90 bits per heavy atom. The lowest BCUT2D eigenvalue weighted by Gasteiger charge is -2.12. The molecule has 0 radical (unpaired) electrons. The SMILES string of the molecule is COc1cc(CC(=O)NCCOc2ccc(C)c(C)c2)ccc1OCCN=[N+]=[N-]. The van der Waals surface area contributed by atoms with Crippen molar-refractivity contribution < 1.29 is 19.0 Å². The zero-order valence-electron chi connectivity index (χ0n) is 17.0. The molecule has 8 heteroatoms. The first-order valence-corrected chi connectivity index (χ1v) is 9.31. The van der Waals surface area contributed by atoms with E-state index in [4.69, 9.17) is 19.7 Å². The lowest BCUT2D eigenvalue weighted by molar-refractivity contribution is -0.120. The molecular weight excluding hydrogens is 372 g/mol. The summed E-state index contributed by atoms with van der Waals surface area (Å²) >= 11 is 0. The van der Waals surface area contributed by atoms with Gasteiger partial charge >= 0.3 is 0 Å². The number of carbonyl (C=O) groups excluding carboxylic acids is 1. The summed E-state index contributed by atoms with van der Waals surface area (Å²) in [4.78, 5) is 14.8. The van der Waals surface area contributed by atoms with Crippen molar-refractivity contribution in [1.29, 1.82) is 0 Å². The average Bonchev–Trinajstić information content (AvgIpc) is 2.72. The van der Waals surface area contributed by atoms with E-state index in [0.717, 1.165) is 11.3 Å². The van der Waals surface area contributed by atoms with Crippen LogP contribution in [0.3, 0.4) is 0 Å². The molecule has 2 aromatic carbocycles. The molecule has 0 heterocycles. The van der Waals surface area contributed by atoms with E-state index < -0.39 is 0 Å². The molecule has 1 amide bonds. The maximum atomic E-state index is 12.2. The molecule has 29 heavy (non-hydrogen) atoms. The smallest absolute Gasteiger partial charge is 0.224 e. The van der Waals surface area contributed by atoms with Crippen LogP contribution < -0.4 is 19.5 Å². The number of ether oxygens (including phenoxy) is 3. The summed E-state index contributed by atoms with van der Waals surface area (Å²) in [7, 11) is 1.53. The van der Waals surface area contributed by atoms with Crippen LogP contribution in [0, 0.1) is 13.8 Å². The molecule has 1 N–H and O–H groups in total. The van der Waals surface area contributed by atoms with Gasteiger partial charge in [-0.15, -0.1) is 0 Å². The van der Waals surface area contributed by atoms with E-state index in [0.29, 0.717) is 24.7 Å². The van der Waals surface area contributed by atoms with Crippen LogP contribution in [0.15, 0.2) is 41.5 Å². The summed E-state index contributed by atoms with van der Waals surface area (Å²) in [6.45, 7) is 5.39. The van der Waals surface area contributed by atoms with Crippen molar-refractivity contribution in [1.82, 2.24) is 5.32 Å². The Labute approximate surface area is 170 Å². The fraction of sp³-hybridized carbons (Fsp3) is 0.381. The van der Waals surface area contributed by atoms with Gasteiger partial charge in [0.15, 0.2) is 11.5 Å². The molecule has 154 valence electrons. The highest BCUT2D eigenvalue weighted by atomic mass is 16.5. The molecule has 0 aromatic heterocycles. The second-order valence-electron chi connectivity index (χ2n) is 6.41. The van der Waals surface area contributed by atoms with E-state index in [1.54, 1.807) is 18.2 Å². The molecular formula is C21H26N4O4. The quantitative estimate of drug-likeness (QED) is 0.269. The van der Waals surface area contributed by atoms with Crippen LogP contribution in [0.1, 0.15) is 16.7 Å². The molecule has 0 aliphatic carbocycles. The molecule has 0 unspecified atom stereocenters. The topological polar surface area (TPSA) is 106 Å². The predicted molar refractivity (Wildman–Crippen MR) is 111 cm³/mol. The lowest BCUT2D eigenvalue weighted by atomic mass is 10.1. The lowest BCUT2D eigenvalue weighted by Crippen LogP contribution is -2.29. The van der Waals surface area contributed by atoms with E-state index in [1.807, 2.05) is 25.1 Å². The molecule has 0 aliphatic heterocycles. The second-order valence-corrected chi connectivity index (χ2v) is 6.41. The number of azide groups is 1. The van der Waals surface area contributed by atoms with E-state index in [1.165, 1.54) is 18.2 Å². The minimum Gasteiger partial charge on any atom is -0.493 e. The van der Waals surface area contributed by atoms with Crippen LogP contribution in [-0.2, 0) is 11.2 Å². The monoisotopic (exact) mass is 398 g/mol. The third-order valence-corrected chi connectivity index (χ3v) is 4.28. The third-order valence-electron chi connectivity index (χ3n) is 4.28. The molecule has 0 saturated carbocycles. The first-order valence-electron chi connectivity index (χ1n) is 9.31. The van der Waals surface area contributed by atoms with Crippen molar-refractivity contribution >= 4 is 5.91 Å². The highest BCUT2D eigenvalue weighted by molar-refractivity contribution is 5.78. The molecule has 8 nitrogen and oxygen atoms in total. The van der Waals surface area contributed by atoms with Gasteiger partial charge in [0, 0.05) is 4.91 Å². The van der Waals surface area contributed by atoms with Crippen LogP contribution in [0.5, 0.6) is 17.2 Å². The Kier molecular flexibility index (Phi) is 8.66. The van der Waals surface area contributed by atoms with Gasteiger partial charge in [0.05, 0.1) is 33.2 Å². The first kappa shape index (κ1) is 21.9. The van der Waals surface area contributed by atoms with Gasteiger partial charge in [-0.3, -0.25) is 4.79 Å². The Bertz CT molecular complexity index is 879. The van der Waals surface area contributed by atoms with Gasteiger partial charge in [-0.05, 0) is 60.3 Å². The largest absolute Gasteiger partial charge is 0.493 e. The Hall–Kier alpha value is -3.38. The zero-order valence-corrected chi connectivity index (χ0v) is 17.0. The number of amides is 1. The first-order chi connectivity index (χ1) is 14.0. The fourth-order valence-corrected chi connectivity index (χ4v) is 2.59. The number of nitrogens with zero attached hydrogens (tertiary/aromatic N) is 3. The fourth-order valence-electron chi connectivity index (χ4n) is 2.59. The number of hydrogen-bond donors (Lipinski definition) is 1. The number of rotatable bonds is 11. The molecule has 0 aliphatic rings. The van der Waals surface area contributed by atoms with Crippen molar-refractivity contribution in [2.45, 2.75) is 20.3 Å². The molecule has 0 saturated heterocycles. The third kappa shape index (κ3) is 7.27. The van der Waals surface area contributed by atoms with Gasteiger partial charge in [0.25, 0.3) is 0 Å². The van der Waals surface area contributed by atoms with Gasteiger partial charge in [0.1, 0.15) is 12.4 Å². The molecule has 2 rings (SSSR count). The zero-order chi connectivity index (χ0) is 21.1. The van der Waals surface area contributed by atoms with Crippen LogP contribution in [-0.4, -0.2) is 39.3 Å². The maximum Gasteiger partial charge on any atom is 0.224 e. The minimum absolute atomic E-state index is 0.104. The average molecular weight is 398 g/mol. The van der Waals surface area contributed by atoms with E-state index in [2.05, 4.69) is 22.3 Å². The number of nitrogens with one attached hydrogen (secondary N) is 1. The standard InChI is InChI=1S/C21H26N4O4/c1-15-4-6-18(12-16(15)2)28-10-8-23-21(26)14-17-5-7-19(20(13-17)27-3)29-11-9-24-25-22/h4-7,12-13H,8-11,14H2,1-3H3,(H,23,26). The summed E-state index contributed by atoms with van der Waals surface area (Å²) < 4.78 is 16.5. The molecule has 0 fully saturated rings. The summed E-state index contributed by atoms with van der Waals surface area (Å²) in [6, 6.07) is 11.2. The van der Waals surface area contributed by atoms with Crippen molar-refractivity contribution in [3.63, 3.8) is 0 Å². The van der Waals surface area contributed by atoms with Gasteiger partial charge in [-0.1, -0.05) is 17.2 Å². The number of hydrogen-bond acceptors (Lipinski definition) is 5. The van der Waals surface area contributed by atoms with Gasteiger partial charge in [-0.2, -0.15) is 0 Å². The van der Waals surface area contributed by atoms with Crippen LogP contribution in [0.25, 0.3) is 10.4 Å². The summed E-state index contributed by atoms with van der Waals surface area (Å²) in [5.74, 6) is 1.75. The van der Waals surface area contributed by atoms with E-state index in [-0.39, 0.29) is 25.5 Å². The highest BCUT2D eigenvalue weighted by Gasteiger charge is 2.09. The van der Waals surface area contributed by atoms with Crippen LogP contribution >= 0.6 is 0 Å². The Morgan fingerprint density at radius 1 is 1.07 bits per heavy atom. The van der Waals surface area contributed by atoms with E-state index >= 15 is 0 Å². The number of carbonyl (C=O) groups is 1. The van der Waals surface area contributed by atoms with Gasteiger partial charge in [-0.25, -0.2) is 0 Å². The van der Waals surface area contributed by atoms with Crippen molar-refractivity contribution in [2.75, 3.05) is 33.4 Å². The molecule has 2 aromatic rings. The highest BCUT2D eigenvalue weighted by Crippen LogP contribution is 2.28. The van der Waals surface area contributed by atoms with Crippen molar-refractivity contribution in [3.8, 4) is 17.2 Å². The van der Waals surface area contributed by atoms with Gasteiger partial charge < -0.3 is 19.5 Å². The number of methoxy groups -OCH3 is 1. The summed E-state index contributed by atoms with van der Waals surface area (Å²) in [5.41, 5.74) is 11.5. The number of aryl methyl sites for hydroxylation is 2.